The van der Waals surface area contributed by atoms with E-state index in [4.69, 9.17) is 0 Å². The van der Waals surface area contributed by atoms with Crippen LogP contribution in [0.15, 0.2) is 18.7 Å². The Morgan fingerprint density at radius 3 is 2.89 bits per heavy atom. The van der Waals surface area contributed by atoms with Gasteiger partial charge in [-0.25, -0.2) is 4.98 Å². The van der Waals surface area contributed by atoms with E-state index in [0.29, 0.717) is 5.54 Å². The van der Waals surface area contributed by atoms with E-state index < -0.39 is 0 Å². The fourth-order valence-electron chi connectivity index (χ4n) is 3.62. The van der Waals surface area contributed by atoms with Gasteiger partial charge in [0.25, 0.3) is 0 Å². The summed E-state index contributed by atoms with van der Waals surface area (Å²) in [4.78, 5) is 6.86. The van der Waals surface area contributed by atoms with Gasteiger partial charge in [0.05, 0.1) is 6.33 Å². The quantitative estimate of drug-likeness (QED) is 0.876. The van der Waals surface area contributed by atoms with Crippen molar-refractivity contribution in [2.24, 2.45) is 0 Å². The van der Waals surface area contributed by atoms with Crippen LogP contribution in [0.3, 0.4) is 0 Å². The minimum Gasteiger partial charge on any atom is -0.337 e. The molecular formula is C14H24N4. The zero-order chi connectivity index (χ0) is 12.3. The Balaban J connectivity index is 1.53. The van der Waals surface area contributed by atoms with E-state index in [9.17, 15) is 0 Å². The lowest BCUT2D eigenvalue weighted by Crippen LogP contribution is -2.60. The summed E-state index contributed by atoms with van der Waals surface area (Å²) in [6.07, 6.45) is 12.7. The topological polar surface area (TPSA) is 33.1 Å². The van der Waals surface area contributed by atoms with Crippen molar-refractivity contribution in [1.29, 1.82) is 0 Å². The van der Waals surface area contributed by atoms with Crippen LogP contribution in [0.5, 0.6) is 0 Å². The third-order valence-corrected chi connectivity index (χ3v) is 4.62. The van der Waals surface area contributed by atoms with Crippen LogP contribution < -0.4 is 5.32 Å². The maximum atomic E-state index is 4.10. The van der Waals surface area contributed by atoms with Crippen molar-refractivity contribution in [2.75, 3.05) is 26.2 Å². The molecule has 0 atom stereocenters. The molecule has 1 aromatic heterocycles. The molecule has 1 saturated carbocycles. The molecule has 4 nitrogen and oxygen atoms in total. The average molecular weight is 248 g/mol. The van der Waals surface area contributed by atoms with Crippen LogP contribution in [0.2, 0.25) is 0 Å². The molecule has 1 aliphatic carbocycles. The van der Waals surface area contributed by atoms with Crippen molar-refractivity contribution in [3.8, 4) is 0 Å². The molecule has 3 rings (SSSR count). The molecule has 0 bridgehead atoms. The van der Waals surface area contributed by atoms with Crippen LogP contribution in [0, 0.1) is 0 Å². The number of aromatic nitrogens is 2. The molecule has 4 heteroatoms. The first kappa shape index (κ1) is 12.2. The van der Waals surface area contributed by atoms with Gasteiger partial charge in [0, 0.05) is 50.7 Å². The predicted molar refractivity (Wildman–Crippen MR) is 72.5 cm³/mol. The Bertz CT molecular complexity index is 354. The van der Waals surface area contributed by atoms with Crippen molar-refractivity contribution in [3.63, 3.8) is 0 Å². The van der Waals surface area contributed by atoms with Crippen LogP contribution in [0.25, 0.3) is 0 Å². The molecular weight excluding hydrogens is 224 g/mol. The van der Waals surface area contributed by atoms with E-state index in [2.05, 4.69) is 26.0 Å². The summed E-state index contributed by atoms with van der Waals surface area (Å²) in [5, 5.41) is 3.59. The molecule has 1 N–H and O–H groups in total. The number of nitrogens with one attached hydrogen (secondary N) is 1. The highest BCUT2D eigenvalue weighted by Crippen LogP contribution is 2.36. The normalized spacial score (nSPS) is 23.8. The largest absolute Gasteiger partial charge is 0.337 e. The summed E-state index contributed by atoms with van der Waals surface area (Å²) in [5.74, 6) is 0. The second-order valence-electron chi connectivity index (χ2n) is 5.75. The zero-order valence-corrected chi connectivity index (χ0v) is 11.1. The molecule has 0 amide bonds. The lowest BCUT2D eigenvalue weighted by molar-refractivity contribution is 0.0626. The molecule has 2 fully saturated rings. The van der Waals surface area contributed by atoms with Crippen molar-refractivity contribution in [2.45, 2.75) is 44.2 Å². The average Bonchev–Trinajstić information content (AvgIpc) is 3.04. The lowest BCUT2D eigenvalue weighted by Gasteiger charge is -2.45. The third kappa shape index (κ3) is 2.45. The minimum absolute atomic E-state index is 0.493. The van der Waals surface area contributed by atoms with Crippen LogP contribution in [-0.2, 0) is 6.54 Å². The summed E-state index contributed by atoms with van der Waals surface area (Å²) in [6, 6.07) is 0. The van der Waals surface area contributed by atoms with Crippen LogP contribution in [0.1, 0.15) is 32.1 Å². The van der Waals surface area contributed by atoms with Gasteiger partial charge in [-0.05, 0) is 19.3 Å². The molecule has 0 unspecified atom stereocenters. The standard InChI is InChI=1S/C14H24N4/c1-2-5-14(4-1)12-15-7-11-18(14)9-3-8-17-10-6-16-13-17/h6,10,13,15H,1-5,7-9,11-12H2. The smallest absolute Gasteiger partial charge is 0.0945 e. The number of hydrogen-bond acceptors (Lipinski definition) is 3. The number of nitrogens with zero attached hydrogens (tertiary/aromatic N) is 3. The number of piperazine rings is 1. The lowest BCUT2D eigenvalue weighted by atomic mass is 9.92. The molecule has 0 aromatic carbocycles. The first-order chi connectivity index (χ1) is 8.89. The molecule has 2 aliphatic rings. The van der Waals surface area contributed by atoms with E-state index in [1.807, 2.05) is 12.5 Å². The molecule has 1 aliphatic heterocycles. The maximum Gasteiger partial charge on any atom is 0.0945 e. The molecule has 1 spiro atoms. The number of aryl methyl sites for hydroxylation is 1. The fourth-order valence-corrected chi connectivity index (χ4v) is 3.62. The predicted octanol–water partition coefficient (Wildman–Crippen LogP) is 1.49. The van der Waals surface area contributed by atoms with Gasteiger partial charge in [-0.2, -0.15) is 0 Å². The Morgan fingerprint density at radius 1 is 1.22 bits per heavy atom. The van der Waals surface area contributed by atoms with Gasteiger partial charge in [0.1, 0.15) is 0 Å². The van der Waals surface area contributed by atoms with Gasteiger partial charge in [0.2, 0.25) is 0 Å². The van der Waals surface area contributed by atoms with Crippen molar-refractivity contribution < 1.29 is 0 Å². The highest BCUT2D eigenvalue weighted by molar-refractivity contribution is 4.99. The van der Waals surface area contributed by atoms with E-state index >= 15 is 0 Å². The van der Waals surface area contributed by atoms with E-state index in [0.717, 1.165) is 13.1 Å². The highest BCUT2D eigenvalue weighted by atomic mass is 15.3. The summed E-state index contributed by atoms with van der Waals surface area (Å²) in [5.41, 5.74) is 0.493. The molecule has 100 valence electrons. The van der Waals surface area contributed by atoms with E-state index in [1.54, 1.807) is 0 Å². The fraction of sp³-hybridized carbons (Fsp3) is 0.786. The minimum atomic E-state index is 0.493. The summed E-state index contributed by atoms with van der Waals surface area (Å²) >= 11 is 0. The van der Waals surface area contributed by atoms with Gasteiger partial charge in [0.15, 0.2) is 0 Å². The number of rotatable bonds is 4. The first-order valence-electron chi connectivity index (χ1n) is 7.31. The Morgan fingerprint density at radius 2 is 2.11 bits per heavy atom. The summed E-state index contributed by atoms with van der Waals surface area (Å²) in [6.45, 7) is 5.93. The summed E-state index contributed by atoms with van der Waals surface area (Å²) in [7, 11) is 0. The Kier molecular flexibility index (Phi) is 3.66. The second kappa shape index (κ2) is 5.41. The van der Waals surface area contributed by atoms with Gasteiger partial charge >= 0.3 is 0 Å². The SMILES string of the molecule is c1cn(CCCN2CCNCC23CCCC3)cn1. The van der Waals surface area contributed by atoms with Gasteiger partial charge in [-0.1, -0.05) is 12.8 Å². The highest BCUT2D eigenvalue weighted by Gasteiger charge is 2.40. The van der Waals surface area contributed by atoms with Gasteiger partial charge < -0.3 is 9.88 Å². The van der Waals surface area contributed by atoms with E-state index in [1.165, 1.54) is 51.7 Å². The monoisotopic (exact) mass is 248 g/mol. The number of imidazole rings is 1. The summed E-state index contributed by atoms with van der Waals surface area (Å²) < 4.78 is 2.18. The zero-order valence-electron chi connectivity index (χ0n) is 11.1. The van der Waals surface area contributed by atoms with Crippen molar-refractivity contribution in [1.82, 2.24) is 19.8 Å². The maximum absolute atomic E-state index is 4.10. The van der Waals surface area contributed by atoms with Crippen LogP contribution >= 0.6 is 0 Å². The van der Waals surface area contributed by atoms with Crippen LogP contribution in [-0.4, -0.2) is 46.2 Å². The second-order valence-corrected chi connectivity index (χ2v) is 5.75. The number of hydrogen-bond donors (Lipinski definition) is 1. The molecule has 0 radical (unpaired) electrons. The Labute approximate surface area is 109 Å². The van der Waals surface area contributed by atoms with Gasteiger partial charge in [-0.3, -0.25) is 4.90 Å². The van der Waals surface area contributed by atoms with Crippen LogP contribution in [0.4, 0.5) is 0 Å². The molecule has 2 heterocycles. The van der Waals surface area contributed by atoms with E-state index in [-0.39, 0.29) is 0 Å². The van der Waals surface area contributed by atoms with Crippen molar-refractivity contribution >= 4 is 0 Å². The third-order valence-electron chi connectivity index (χ3n) is 4.62. The molecule has 1 aromatic rings. The molecule has 18 heavy (non-hydrogen) atoms. The Hall–Kier alpha value is -0.870. The first-order valence-corrected chi connectivity index (χ1v) is 7.31. The van der Waals surface area contributed by atoms with Crippen molar-refractivity contribution in [3.05, 3.63) is 18.7 Å². The van der Waals surface area contributed by atoms with Gasteiger partial charge in [-0.15, -0.1) is 0 Å². The molecule has 1 saturated heterocycles.